The minimum Gasteiger partial charge on any atom is -0.465 e. The van der Waals surface area contributed by atoms with Gasteiger partial charge in [-0.25, -0.2) is 0 Å². The molecule has 1 N–H and O–H groups in total. The lowest BCUT2D eigenvalue weighted by atomic mass is 10.2. The molecule has 1 aromatic carbocycles. The summed E-state index contributed by atoms with van der Waals surface area (Å²) in [5.74, 6) is 0.125. The van der Waals surface area contributed by atoms with Crippen LogP contribution < -0.4 is 0 Å². The fourth-order valence-corrected chi connectivity index (χ4v) is 1.73. The first kappa shape index (κ1) is 12.1. The number of thioether (sulfide) groups is 1. The summed E-state index contributed by atoms with van der Waals surface area (Å²) in [7, 11) is 0. The van der Waals surface area contributed by atoms with Crippen LogP contribution in [-0.4, -0.2) is 23.4 Å². The highest BCUT2D eigenvalue weighted by Gasteiger charge is 2.02. The number of hydrogen-bond donors (Lipinski definition) is 1. The molecule has 3 nitrogen and oxygen atoms in total. The topological polar surface area (TPSA) is 46.5 Å². The van der Waals surface area contributed by atoms with Crippen LogP contribution >= 0.6 is 11.8 Å². The number of benzene rings is 1. The van der Waals surface area contributed by atoms with Crippen LogP contribution in [0.25, 0.3) is 0 Å². The van der Waals surface area contributed by atoms with Gasteiger partial charge in [0.25, 0.3) is 0 Å². The summed E-state index contributed by atoms with van der Waals surface area (Å²) in [5, 5.41) is 8.84. The second-order valence-corrected chi connectivity index (χ2v) is 3.94. The fraction of sp³-hybridized carbons (Fsp3) is 0.364. The van der Waals surface area contributed by atoms with Gasteiger partial charge >= 0.3 is 5.97 Å². The molecule has 0 fully saturated rings. The molecule has 0 radical (unpaired) electrons. The molecule has 4 heteroatoms. The third-order valence-corrected chi connectivity index (χ3v) is 2.75. The van der Waals surface area contributed by atoms with Crippen LogP contribution in [0.3, 0.4) is 0 Å². The van der Waals surface area contributed by atoms with Gasteiger partial charge in [0.1, 0.15) is 0 Å². The Bertz CT molecular complexity index is 308. The molecule has 0 aliphatic rings. The third-order valence-electron chi connectivity index (χ3n) is 1.77. The first-order chi connectivity index (χ1) is 7.26. The van der Waals surface area contributed by atoms with Crippen molar-refractivity contribution in [2.75, 3.05) is 12.4 Å². The average Bonchev–Trinajstić information content (AvgIpc) is 2.27. The minimum absolute atomic E-state index is 0.0445. The maximum Gasteiger partial charge on any atom is 0.316 e. The lowest BCUT2D eigenvalue weighted by Gasteiger charge is -2.02. The Hall–Kier alpha value is -1.00. The van der Waals surface area contributed by atoms with E-state index >= 15 is 0 Å². The van der Waals surface area contributed by atoms with E-state index in [1.54, 1.807) is 6.92 Å². The summed E-state index contributed by atoms with van der Waals surface area (Å²) in [4.78, 5) is 12.1. The van der Waals surface area contributed by atoms with E-state index < -0.39 is 0 Å². The van der Waals surface area contributed by atoms with Gasteiger partial charge in [-0.3, -0.25) is 4.79 Å². The summed E-state index contributed by atoms with van der Waals surface area (Å²) in [6.45, 7) is 2.25. The lowest BCUT2D eigenvalue weighted by molar-refractivity contribution is -0.139. The standard InChI is InChI=1S/C11H14O3S/c1-2-14-11(13)8-15-10-5-3-9(7-12)4-6-10/h3-6,12H,2,7-8H2,1H3. The number of hydrogen-bond acceptors (Lipinski definition) is 4. The summed E-state index contributed by atoms with van der Waals surface area (Å²) in [5.41, 5.74) is 0.871. The maximum atomic E-state index is 11.1. The van der Waals surface area contributed by atoms with Crippen LogP contribution in [0.1, 0.15) is 12.5 Å². The SMILES string of the molecule is CCOC(=O)CSc1ccc(CO)cc1. The van der Waals surface area contributed by atoms with Gasteiger partial charge in [-0.05, 0) is 24.6 Å². The molecular formula is C11H14O3S. The van der Waals surface area contributed by atoms with E-state index in [0.29, 0.717) is 12.4 Å². The van der Waals surface area contributed by atoms with E-state index in [1.165, 1.54) is 11.8 Å². The van der Waals surface area contributed by atoms with Crippen LogP contribution in [0.15, 0.2) is 29.2 Å². The molecule has 1 aromatic rings. The van der Waals surface area contributed by atoms with Crippen molar-refractivity contribution < 1.29 is 14.6 Å². The lowest BCUT2D eigenvalue weighted by Crippen LogP contribution is -2.06. The van der Waals surface area contributed by atoms with Gasteiger partial charge in [-0.2, -0.15) is 0 Å². The van der Waals surface area contributed by atoms with E-state index in [0.717, 1.165) is 10.5 Å². The summed E-state index contributed by atoms with van der Waals surface area (Å²) >= 11 is 1.43. The van der Waals surface area contributed by atoms with E-state index in [2.05, 4.69) is 0 Å². The molecule has 0 amide bonds. The van der Waals surface area contributed by atoms with Crippen LogP contribution in [0, 0.1) is 0 Å². The highest BCUT2D eigenvalue weighted by atomic mass is 32.2. The van der Waals surface area contributed by atoms with Gasteiger partial charge in [0.15, 0.2) is 0 Å². The molecule has 0 atom stereocenters. The predicted molar refractivity (Wildman–Crippen MR) is 59.7 cm³/mol. The number of esters is 1. The van der Waals surface area contributed by atoms with E-state index in [1.807, 2.05) is 24.3 Å². The molecule has 0 bridgehead atoms. The third kappa shape index (κ3) is 4.36. The monoisotopic (exact) mass is 226 g/mol. The molecule has 0 spiro atoms. The largest absolute Gasteiger partial charge is 0.465 e. The second kappa shape index (κ2) is 6.48. The summed E-state index contributed by atoms with van der Waals surface area (Å²) < 4.78 is 4.81. The van der Waals surface area contributed by atoms with Crippen LogP contribution in [-0.2, 0) is 16.1 Å². The number of ether oxygens (including phenoxy) is 1. The van der Waals surface area contributed by atoms with Crippen molar-refractivity contribution >= 4 is 17.7 Å². The maximum absolute atomic E-state index is 11.1. The Kier molecular flexibility index (Phi) is 5.21. The van der Waals surface area contributed by atoms with Crippen molar-refractivity contribution in [2.24, 2.45) is 0 Å². The van der Waals surface area contributed by atoms with Crippen molar-refractivity contribution in [3.8, 4) is 0 Å². The van der Waals surface area contributed by atoms with Crippen molar-refractivity contribution in [1.82, 2.24) is 0 Å². The van der Waals surface area contributed by atoms with Gasteiger partial charge < -0.3 is 9.84 Å². The van der Waals surface area contributed by atoms with Crippen LogP contribution in [0.2, 0.25) is 0 Å². The van der Waals surface area contributed by atoms with Gasteiger partial charge in [0.2, 0.25) is 0 Å². The Morgan fingerprint density at radius 3 is 2.60 bits per heavy atom. The van der Waals surface area contributed by atoms with Gasteiger partial charge in [-0.15, -0.1) is 11.8 Å². The zero-order chi connectivity index (χ0) is 11.1. The number of aliphatic hydroxyl groups excluding tert-OH is 1. The smallest absolute Gasteiger partial charge is 0.316 e. The summed E-state index contributed by atoms with van der Waals surface area (Å²) in [6.07, 6.45) is 0. The van der Waals surface area contributed by atoms with E-state index in [4.69, 9.17) is 9.84 Å². The zero-order valence-electron chi connectivity index (χ0n) is 8.60. The number of carbonyl (C=O) groups is 1. The predicted octanol–water partition coefficient (Wildman–Crippen LogP) is 1.83. The zero-order valence-corrected chi connectivity index (χ0v) is 9.42. The molecule has 0 unspecified atom stereocenters. The molecule has 0 saturated heterocycles. The minimum atomic E-state index is -0.200. The first-order valence-electron chi connectivity index (χ1n) is 4.74. The van der Waals surface area contributed by atoms with Crippen molar-refractivity contribution in [3.63, 3.8) is 0 Å². The molecule has 1 rings (SSSR count). The van der Waals surface area contributed by atoms with Crippen LogP contribution in [0.4, 0.5) is 0 Å². The van der Waals surface area contributed by atoms with Gasteiger partial charge in [0, 0.05) is 4.90 Å². The number of rotatable bonds is 5. The van der Waals surface area contributed by atoms with Crippen molar-refractivity contribution in [1.29, 1.82) is 0 Å². The van der Waals surface area contributed by atoms with Gasteiger partial charge in [-0.1, -0.05) is 12.1 Å². The summed E-state index contributed by atoms with van der Waals surface area (Å²) in [6, 6.07) is 7.45. The van der Waals surface area contributed by atoms with Crippen molar-refractivity contribution in [3.05, 3.63) is 29.8 Å². The Morgan fingerprint density at radius 2 is 2.07 bits per heavy atom. The van der Waals surface area contributed by atoms with E-state index in [-0.39, 0.29) is 12.6 Å². The first-order valence-corrected chi connectivity index (χ1v) is 5.73. The van der Waals surface area contributed by atoms with E-state index in [9.17, 15) is 4.79 Å². The molecule has 0 heterocycles. The molecular weight excluding hydrogens is 212 g/mol. The van der Waals surface area contributed by atoms with Crippen LogP contribution in [0.5, 0.6) is 0 Å². The molecule has 0 aliphatic carbocycles. The Labute approximate surface area is 93.4 Å². The molecule has 82 valence electrons. The molecule has 0 aromatic heterocycles. The Balaban J connectivity index is 2.40. The highest BCUT2D eigenvalue weighted by molar-refractivity contribution is 8.00. The normalized spacial score (nSPS) is 10.0. The quantitative estimate of drug-likeness (QED) is 0.614. The average molecular weight is 226 g/mol. The van der Waals surface area contributed by atoms with Crippen molar-refractivity contribution in [2.45, 2.75) is 18.4 Å². The molecule has 15 heavy (non-hydrogen) atoms. The molecule has 0 saturated carbocycles. The van der Waals surface area contributed by atoms with Gasteiger partial charge in [0.05, 0.1) is 19.0 Å². The highest BCUT2D eigenvalue weighted by Crippen LogP contribution is 2.18. The second-order valence-electron chi connectivity index (χ2n) is 2.90. The number of aliphatic hydroxyl groups is 1. The Morgan fingerprint density at radius 1 is 1.40 bits per heavy atom. The molecule has 0 aliphatic heterocycles. The fourth-order valence-electron chi connectivity index (χ4n) is 1.04. The number of carbonyl (C=O) groups excluding carboxylic acids is 1.